The summed E-state index contributed by atoms with van der Waals surface area (Å²) >= 11 is 1.52. The molecule has 186 valence electrons. The van der Waals surface area contributed by atoms with E-state index >= 15 is 0 Å². The van der Waals surface area contributed by atoms with Crippen LogP contribution in [0, 0.1) is 5.82 Å². The Morgan fingerprint density at radius 2 is 1.82 bits per heavy atom. The van der Waals surface area contributed by atoms with E-state index in [0.29, 0.717) is 19.5 Å². The molecule has 1 atom stereocenters. The Morgan fingerprint density at radius 1 is 1.18 bits per heavy atom. The van der Waals surface area contributed by atoms with Crippen molar-refractivity contribution in [3.63, 3.8) is 0 Å². The van der Waals surface area contributed by atoms with E-state index in [0.717, 1.165) is 11.8 Å². The number of anilines is 1. The van der Waals surface area contributed by atoms with Crippen LogP contribution in [0.15, 0.2) is 46.0 Å². The number of amides is 1. The second kappa shape index (κ2) is 9.60. The van der Waals surface area contributed by atoms with Gasteiger partial charge in [-0.3, -0.25) is 9.69 Å². The monoisotopic (exact) mass is 523 g/mol. The maximum absolute atomic E-state index is 14.1. The van der Waals surface area contributed by atoms with Crippen molar-refractivity contribution in [1.29, 1.82) is 0 Å². The van der Waals surface area contributed by atoms with Crippen molar-refractivity contribution in [3.05, 3.63) is 46.9 Å². The number of sulfonamides is 1. The first kappa shape index (κ1) is 26.1. The number of hydrogen-bond donors (Lipinski definition) is 1. The summed E-state index contributed by atoms with van der Waals surface area (Å²) in [6.07, 6.45) is -4.49. The topological polar surface area (TPSA) is 98.2 Å². The molecule has 2 aliphatic heterocycles. The van der Waals surface area contributed by atoms with Crippen LogP contribution in [0.2, 0.25) is 0 Å². The average molecular weight is 524 g/mol. The zero-order valence-corrected chi connectivity index (χ0v) is 19.5. The van der Waals surface area contributed by atoms with Crippen LogP contribution in [-0.2, 0) is 19.6 Å². The normalized spacial score (nSPS) is 22.0. The second-order valence-electron chi connectivity index (χ2n) is 7.86. The minimum Gasteiger partial charge on any atom is -0.475 e. The van der Waals surface area contributed by atoms with Gasteiger partial charge in [-0.05, 0) is 37.0 Å². The van der Waals surface area contributed by atoms with Crippen molar-refractivity contribution in [2.24, 2.45) is 0 Å². The lowest BCUT2D eigenvalue weighted by Crippen LogP contribution is -2.64. The summed E-state index contributed by atoms with van der Waals surface area (Å²) in [5, 5.41) is 11.0. The molecule has 3 heterocycles. The number of benzene rings is 1. The van der Waals surface area contributed by atoms with Crippen LogP contribution in [-0.4, -0.2) is 79.5 Å². The highest BCUT2D eigenvalue weighted by Crippen LogP contribution is 2.36. The number of piperazine rings is 1. The quantitative estimate of drug-likeness (QED) is 0.622. The van der Waals surface area contributed by atoms with Crippen LogP contribution in [0.1, 0.15) is 6.42 Å². The number of hydrogen-bond acceptors (Lipinski definition) is 6. The van der Waals surface area contributed by atoms with E-state index in [-0.39, 0.29) is 23.9 Å². The SMILES string of the molecule is CN1CC(=O)N(c2ccsc2)CC12CCN(S(=O)(=O)c1ccccc1F)C2.O=C(O)C(F)(F)F. The average Bonchev–Trinajstić information content (AvgIpc) is 3.42. The van der Waals surface area contributed by atoms with E-state index < -0.39 is 33.5 Å². The Bertz CT molecular complexity index is 1160. The number of halogens is 4. The van der Waals surface area contributed by atoms with Gasteiger partial charge in [-0.2, -0.15) is 28.8 Å². The highest BCUT2D eigenvalue weighted by atomic mass is 32.2. The van der Waals surface area contributed by atoms with Gasteiger partial charge in [-0.25, -0.2) is 17.6 Å². The molecule has 1 unspecified atom stereocenters. The van der Waals surface area contributed by atoms with Crippen LogP contribution in [0.3, 0.4) is 0 Å². The molecule has 1 aromatic heterocycles. The maximum atomic E-state index is 14.1. The number of alkyl halides is 3. The Labute approximate surface area is 197 Å². The standard InChI is InChI=1S/C18H20FN3O3S2.C2HF3O2/c1-20-10-17(23)22(14-6-9-26-11-14)13-18(20)7-8-21(12-18)27(24,25)16-5-3-2-4-15(16)19;3-2(4,5)1(6)7/h2-6,9,11H,7-8,10,12-13H2,1H3;(H,6,7). The van der Waals surface area contributed by atoms with Gasteiger partial charge < -0.3 is 10.0 Å². The molecule has 8 nitrogen and oxygen atoms in total. The van der Waals surface area contributed by atoms with E-state index in [4.69, 9.17) is 9.90 Å². The number of aliphatic carboxylic acids is 1. The molecule has 1 aromatic carbocycles. The third-order valence-corrected chi connectivity index (χ3v) is 8.30. The van der Waals surface area contributed by atoms with Gasteiger partial charge in [-0.1, -0.05) is 12.1 Å². The van der Waals surface area contributed by atoms with E-state index in [1.807, 2.05) is 28.8 Å². The fraction of sp³-hybridized carbons (Fsp3) is 0.400. The number of carboxylic acid groups (broad SMARTS) is 1. The zero-order valence-electron chi connectivity index (χ0n) is 17.8. The molecule has 0 aliphatic carbocycles. The molecule has 1 amide bonds. The Morgan fingerprint density at radius 3 is 2.38 bits per heavy atom. The largest absolute Gasteiger partial charge is 0.490 e. The number of carboxylic acids is 1. The molecule has 14 heteroatoms. The first-order chi connectivity index (χ1) is 15.8. The minimum absolute atomic E-state index is 0.00284. The van der Waals surface area contributed by atoms with Gasteiger partial charge in [0.1, 0.15) is 10.7 Å². The summed E-state index contributed by atoms with van der Waals surface area (Å²) in [6, 6.07) is 7.33. The van der Waals surface area contributed by atoms with Crippen LogP contribution in [0.5, 0.6) is 0 Å². The number of rotatable bonds is 3. The highest BCUT2D eigenvalue weighted by Gasteiger charge is 2.50. The van der Waals surface area contributed by atoms with Gasteiger partial charge in [0.05, 0.1) is 17.8 Å². The minimum atomic E-state index is -5.08. The molecule has 0 bridgehead atoms. The number of nitrogens with zero attached hydrogens (tertiary/aromatic N) is 3. The van der Waals surface area contributed by atoms with Gasteiger partial charge in [0.25, 0.3) is 0 Å². The summed E-state index contributed by atoms with van der Waals surface area (Å²) in [5.41, 5.74) is 0.363. The summed E-state index contributed by atoms with van der Waals surface area (Å²) in [5.74, 6) is -3.50. The van der Waals surface area contributed by atoms with E-state index in [1.165, 1.54) is 33.8 Å². The van der Waals surface area contributed by atoms with Gasteiger partial charge in [0, 0.05) is 25.0 Å². The van der Waals surface area contributed by atoms with Crippen molar-refractivity contribution in [1.82, 2.24) is 9.21 Å². The lowest BCUT2D eigenvalue weighted by Gasteiger charge is -2.46. The number of thiophene rings is 1. The highest BCUT2D eigenvalue weighted by molar-refractivity contribution is 7.89. The van der Waals surface area contributed by atoms with Crippen molar-refractivity contribution in [2.45, 2.75) is 23.0 Å². The van der Waals surface area contributed by atoms with Crippen molar-refractivity contribution in [3.8, 4) is 0 Å². The zero-order chi connectivity index (χ0) is 25.3. The molecule has 0 saturated carbocycles. The number of carbonyl (C=O) groups is 2. The maximum Gasteiger partial charge on any atom is 0.490 e. The lowest BCUT2D eigenvalue weighted by atomic mass is 9.93. The van der Waals surface area contributed by atoms with Gasteiger partial charge in [0.2, 0.25) is 15.9 Å². The molecular weight excluding hydrogens is 502 g/mol. The second-order valence-corrected chi connectivity index (χ2v) is 10.6. The molecule has 2 fully saturated rings. The predicted octanol–water partition coefficient (Wildman–Crippen LogP) is 2.63. The van der Waals surface area contributed by atoms with Gasteiger partial charge in [0.15, 0.2) is 0 Å². The Hall–Kier alpha value is -2.55. The summed E-state index contributed by atoms with van der Waals surface area (Å²) in [7, 11) is -2.07. The van der Waals surface area contributed by atoms with Crippen molar-refractivity contribution < 1.29 is 40.7 Å². The van der Waals surface area contributed by atoms with Crippen molar-refractivity contribution in [2.75, 3.05) is 38.1 Å². The summed E-state index contributed by atoms with van der Waals surface area (Å²) in [6.45, 7) is 1.17. The first-order valence-corrected chi connectivity index (χ1v) is 12.2. The van der Waals surface area contributed by atoms with Gasteiger partial charge >= 0.3 is 12.1 Å². The third kappa shape index (κ3) is 5.24. The summed E-state index contributed by atoms with van der Waals surface area (Å²) < 4.78 is 73.1. The third-order valence-electron chi connectivity index (χ3n) is 5.75. The first-order valence-electron chi connectivity index (χ1n) is 9.86. The molecule has 1 N–H and O–H groups in total. The molecular formula is C20H21F4N3O5S2. The predicted molar refractivity (Wildman–Crippen MR) is 115 cm³/mol. The fourth-order valence-corrected chi connectivity index (χ4v) is 6.09. The lowest BCUT2D eigenvalue weighted by molar-refractivity contribution is -0.192. The van der Waals surface area contributed by atoms with Crippen LogP contribution >= 0.6 is 11.3 Å². The molecule has 2 aliphatic rings. The van der Waals surface area contributed by atoms with E-state index in [2.05, 4.69) is 0 Å². The summed E-state index contributed by atoms with van der Waals surface area (Å²) in [4.78, 5) is 24.8. The number of likely N-dealkylation sites (N-methyl/N-ethyl adjacent to an activating group) is 1. The van der Waals surface area contributed by atoms with Crippen LogP contribution in [0.25, 0.3) is 0 Å². The molecule has 34 heavy (non-hydrogen) atoms. The van der Waals surface area contributed by atoms with Crippen LogP contribution in [0.4, 0.5) is 23.2 Å². The number of carbonyl (C=O) groups excluding carboxylic acids is 1. The molecule has 0 radical (unpaired) electrons. The molecule has 4 rings (SSSR count). The van der Waals surface area contributed by atoms with Crippen molar-refractivity contribution >= 4 is 38.9 Å². The van der Waals surface area contributed by atoms with Gasteiger partial charge in [-0.15, -0.1) is 0 Å². The van der Waals surface area contributed by atoms with E-state index in [1.54, 1.807) is 4.90 Å². The van der Waals surface area contributed by atoms with Crippen LogP contribution < -0.4 is 4.90 Å². The Balaban J connectivity index is 0.000000406. The molecule has 2 saturated heterocycles. The van der Waals surface area contributed by atoms with E-state index in [9.17, 15) is 30.8 Å². The molecule has 1 spiro atoms. The fourth-order valence-electron chi connectivity index (χ4n) is 3.86. The Kier molecular flexibility index (Phi) is 7.36. The smallest absolute Gasteiger partial charge is 0.475 e. The molecule has 2 aromatic rings.